The Hall–Kier alpha value is -2.69. The number of nitrogens with one attached hydrogen (secondary N) is 1. The number of ketones is 1. The van der Waals surface area contributed by atoms with Gasteiger partial charge in [-0.25, -0.2) is 12.8 Å². The van der Waals surface area contributed by atoms with E-state index in [0.29, 0.717) is 5.56 Å². The molecular formula is C18H16FNO4S. The van der Waals surface area contributed by atoms with Crippen molar-refractivity contribution in [3.05, 3.63) is 59.9 Å². The quantitative estimate of drug-likeness (QED) is 0.633. The summed E-state index contributed by atoms with van der Waals surface area (Å²) in [5.41, 5.74) is 0.312. The Morgan fingerprint density at radius 1 is 1.16 bits per heavy atom. The van der Waals surface area contributed by atoms with E-state index in [1.807, 2.05) is 0 Å². The Morgan fingerprint density at radius 3 is 2.64 bits per heavy atom. The van der Waals surface area contributed by atoms with Crippen molar-refractivity contribution in [1.29, 1.82) is 0 Å². The summed E-state index contributed by atoms with van der Waals surface area (Å²) in [6.45, 7) is 1.16. The molecule has 7 heteroatoms. The summed E-state index contributed by atoms with van der Waals surface area (Å²) in [5.74, 6) is 4.55. The number of hydrogen-bond donors (Lipinski definition) is 1. The molecule has 0 fully saturated rings. The van der Waals surface area contributed by atoms with Crippen LogP contribution < -0.4 is 9.46 Å². The van der Waals surface area contributed by atoms with E-state index in [1.54, 1.807) is 18.2 Å². The van der Waals surface area contributed by atoms with E-state index < -0.39 is 15.8 Å². The predicted molar refractivity (Wildman–Crippen MR) is 91.3 cm³/mol. The minimum atomic E-state index is -3.77. The first-order valence-electron chi connectivity index (χ1n) is 7.34. The molecule has 0 aromatic heterocycles. The third-order valence-corrected chi connectivity index (χ3v) is 4.56. The summed E-state index contributed by atoms with van der Waals surface area (Å²) in [6, 6.07) is 11.7. The molecule has 5 nitrogen and oxygen atoms in total. The number of sulfonamides is 1. The van der Waals surface area contributed by atoms with Gasteiger partial charge in [0.15, 0.2) is 17.3 Å². The lowest BCUT2D eigenvalue weighted by Gasteiger charge is -2.05. The summed E-state index contributed by atoms with van der Waals surface area (Å²) < 4.78 is 45.0. The van der Waals surface area contributed by atoms with Gasteiger partial charge in [0.1, 0.15) is 6.61 Å². The highest BCUT2D eigenvalue weighted by molar-refractivity contribution is 7.89. The van der Waals surface area contributed by atoms with Crippen LogP contribution in [0.4, 0.5) is 4.39 Å². The number of carbonyl (C=O) groups is 1. The fraction of sp³-hybridized carbons (Fsp3) is 0.167. The molecule has 130 valence electrons. The van der Waals surface area contributed by atoms with Gasteiger partial charge in [-0.3, -0.25) is 4.79 Å². The zero-order valence-corrected chi connectivity index (χ0v) is 14.3. The minimum absolute atomic E-state index is 0.00962. The molecule has 1 N–H and O–H groups in total. The van der Waals surface area contributed by atoms with Gasteiger partial charge >= 0.3 is 0 Å². The van der Waals surface area contributed by atoms with E-state index >= 15 is 0 Å². The number of rotatable bonds is 6. The second-order valence-electron chi connectivity index (χ2n) is 4.98. The molecule has 0 saturated carbocycles. The van der Waals surface area contributed by atoms with Crippen LogP contribution in [0.2, 0.25) is 0 Å². The molecule has 2 rings (SSSR count). The lowest BCUT2D eigenvalue weighted by Crippen LogP contribution is -2.24. The zero-order valence-electron chi connectivity index (χ0n) is 13.5. The normalized spacial score (nSPS) is 10.6. The standard InChI is InChI=1S/C18H16FNO4S/c1-14(21)15-7-6-8-16(13-15)25(22,23)20-11-4-5-12-24-18-10-3-2-9-17(18)19/h2-3,6-10,13,20H,11-12H2,1H3. The van der Waals surface area contributed by atoms with Gasteiger partial charge in [0.05, 0.1) is 11.4 Å². The topological polar surface area (TPSA) is 72.5 Å². The van der Waals surface area contributed by atoms with Crippen molar-refractivity contribution in [2.24, 2.45) is 0 Å². The summed E-state index contributed by atoms with van der Waals surface area (Å²) in [6.07, 6.45) is 0. The maximum atomic E-state index is 13.3. The molecule has 0 aliphatic heterocycles. The highest BCUT2D eigenvalue weighted by Gasteiger charge is 2.14. The molecule has 0 radical (unpaired) electrons. The number of benzene rings is 2. The fourth-order valence-electron chi connectivity index (χ4n) is 1.89. The van der Waals surface area contributed by atoms with Gasteiger partial charge in [0, 0.05) is 5.56 Å². The maximum absolute atomic E-state index is 13.3. The molecule has 2 aromatic carbocycles. The molecule has 0 spiro atoms. The van der Waals surface area contributed by atoms with Crippen LogP contribution in [0, 0.1) is 17.7 Å². The van der Waals surface area contributed by atoms with E-state index in [4.69, 9.17) is 4.74 Å². The summed E-state index contributed by atoms with van der Waals surface area (Å²) >= 11 is 0. The number of para-hydroxylation sites is 1. The van der Waals surface area contributed by atoms with Gasteiger partial charge in [-0.2, -0.15) is 4.72 Å². The SMILES string of the molecule is CC(=O)c1cccc(S(=O)(=O)NCC#CCOc2ccccc2F)c1. The van der Waals surface area contributed by atoms with Crippen molar-refractivity contribution in [2.75, 3.05) is 13.2 Å². The summed E-state index contributed by atoms with van der Waals surface area (Å²) in [7, 11) is -3.77. The van der Waals surface area contributed by atoms with Gasteiger partial charge in [-0.1, -0.05) is 36.1 Å². The first kappa shape index (κ1) is 18.6. The van der Waals surface area contributed by atoms with E-state index in [1.165, 1.54) is 37.3 Å². The van der Waals surface area contributed by atoms with Crippen molar-refractivity contribution in [3.63, 3.8) is 0 Å². The van der Waals surface area contributed by atoms with E-state index in [0.717, 1.165) is 0 Å². The van der Waals surface area contributed by atoms with Crippen molar-refractivity contribution in [3.8, 4) is 17.6 Å². The molecule has 0 aliphatic carbocycles. The van der Waals surface area contributed by atoms with Crippen LogP contribution in [-0.2, 0) is 10.0 Å². The molecule has 2 aromatic rings. The van der Waals surface area contributed by atoms with Crippen LogP contribution in [0.25, 0.3) is 0 Å². The monoisotopic (exact) mass is 361 g/mol. The second kappa shape index (κ2) is 8.42. The van der Waals surface area contributed by atoms with Crippen molar-refractivity contribution in [1.82, 2.24) is 4.72 Å². The van der Waals surface area contributed by atoms with Crippen molar-refractivity contribution >= 4 is 15.8 Å². The molecule has 0 aliphatic rings. The lowest BCUT2D eigenvalue weighted by molar-refractivity contribution is 0.101. The molecule has 25 heavy (non-hydrogen) atoms. The maximum Gasteiger partial charge on any atom is 0.241 e. The Labute approximate surface area is 145 Å². The van der Waals surface area contributed by atoms with Crippen LogP contribution in [0.3, 0.4) is 0 Å². The average Bonchev–Trinajstić information content (AvgIpc) is 2.59. The molecule has 0 bridgehead atoms. The highest BCUT2D eigenvalue weighted by Crippen LogP contribution is 2.14. The lowest BCUT2D eigenvalue weighted by atomic mass is 10.2. The Balaban J connectivity index is 1.90. The van der Waals surface area contributed by atoms with E-state index in [9.17, 15) is 17.6 Å². The third-order valence-electron chi connectivity index (χ3n) is 3.16. The molecule has 0 atom stereocenters. The predicted octanol–water partition coefficient (Wildman–Crippen LogP) is 2.39. The van der Waals surface area contributed by atoms with E-state index in [-0.39, 0.29) is 29.6 Å². The number of hydrogen-bond acceptors (Lipinski definition) is 4. The first-order valence-corrected chi connectivity index (χ1v) is 8.82. The number of halogens is 1. The van der Waals surface area contributed by atoms with Gasteiger partial charge in [-0.05, 0) is 31.2 Å². The molecule has 0 amide bonds. The molecule has 0 heterocycles. The Bertz CT molecular complexity index is 929. The summed E-state index contributed by atoms with van der Waals surface area (Å²) in [4.78, 5) is 11.3. The third kappa shape index (κ3) is 5.41. The Kier molecular flexibility index (Phi) is 6.28. The van der Waals surface area contributed by atoms with Crippen LogP contribution in [0.5, 0.6) is 5.75 Å². The van der Waals surface area contributed by atoms with Gasteiger partial charge < -0.3 is 4.74 Å². The molecule has 0 unspecified atom stereocenters. The highest BCUT2D eigenvalue weighted by atomic mass is 32.2. The van der Waals surface area contributed by atoms with Crippen LogP contribution in [-0.4, -0.2) is 27.4 Å². The number of carbonyl (C=O) groups excluding carboxylic acids is 1. The van der Waals surface area contributed by atoms with E-state index in [2.05, 4.69) is 16.6 Å². The smallest absolute Gasteiger partial charge is 0.241 e. The minimum Gasteiger partial charge on any atom is -0.478 e. The van der Waals surface area contributed by atoms with Gasteiger partial charge in [0.2, 0.25) is 10.0 Å². The Morgan fingerprint density at radius 2 is 1.92 bits per heavy atom. The number of ether oxygens (including phenoxy) is 1. The van der Waals surface area contributed by atoms with Gasteiger partial charge in [0.25, 0.3) is 0 Å². The van der Waals surface area contributed by atoms with Crippen LogP contribution in [0.15, 0.2) is 53.4 Å². The van der Waals surface area contributed by atoms with Gasteiger partial charge in [-0.15, -0.1) is 0 Å². The van der Waals surface area contributed by atoms with Crippen molar-refractivity contribution in [2.45, 2.75) is 11.8 Å². The molecule has 0 saturated heterocycles. The fourth-order valence-corrected chi connectivity index (χ4v) is 2.85. The molecular weight excluding hydrogens is 345 g/mol. The number of Topliss-reactive ketones (excluding diaryl/α,β-unsaturated/α-hetero) is 1. The van der Waals surface area contributed by atoms with Crippen molar-refractivity contribution < 1.29 is 22.3 Å². The largest absolute Gasteiger partial charge is 0.478 e. The first-order chi connectivity index (χ1) is 11.9. The van der Waals surface area contributed by atoms with Crippen LogP contribution in [0.1, 0.15) is 17.3 Å². The van der Waals surface area contributed by atoms with Crippen LogP contribution >= 0.6 is 0 Å². The average molecular weight is 361 g/mol. The summed E-state index contributed by atoms with van der Waals surface area (Å²) in [5, 5.41) is 0. The second-order valence-corrected chi connectivity index (χ2v) is 6.75. The zero-order chi connectivity index (χ0) is 18.3.